The Bertz CT molecular complexity index is 369. The first-order valence-electron chi connectivity index (χ1n) is 6.05. The lowest BCUT2D eigenvalue weighted by atomic mass is 10.1. The first kappa shape index (κ1) is 12.3. The SMILES string of the molecule is Cc1ccc(CNC(=S)N2CCNCC2)cc1. The Morgan fingerprint density at radius 1 is 1.29 bits per heavy atom. The van der Waals surface area contributed by atoms with E-state index in [1.54, 1.807) is 0 Å². The van der Waals surface area contributed by atoms with Gasteiger partial charge >= 0.3 is 0 Å². The van der Waals surface area contributed by atoms with Gasteiger partial charge in [-0.05, 0) is 24.7 Å². The number of thiocarbonyl (C=S) groups is 1. The summed E-state index contributed by atoms with van der Waals surface area (Å²) in [5.74, 6) is 0. The van der Waals surface area contributed by atoms with Crippen molar-refractivity contribution in [1.29, 1.82) is 0 Å². The van der Waals surface area contributed by atoms with E-state index in [0.717, 1.165) is 37.8 Å². The third-order valence-corrected chi connectivity index (χ3v) is 3.37. The van der Waals surface area contributed by atoms with Gasteiger partial charge in [0.05, 0.1) is 0 Å². The van der Waals surface area contributed by atoms with Crippen LogP contribution in [0.25, 0.3) is 0 Å². The highest BCUT2D eigenvalue weighted by atomic mass is 32.1. The van der Waals surface area contributed by atoms with Crippen molar-refractivity contribution >= 4 is 17.3 Å². The van der Waals surface area contributed by atoms with Crippen molar-refractivity contribution in [1.82, 2.24) is 15.5 Å². The lowest BCUT2D eigenvalue weighted by Gasteiger charge is -2.29. The number of nitrogens with one attached hydrogen (secondary N) is 2. The summed E-state index contributed by atoms with van der Waals surface area (Å²) in [5, 5.41) is 7.51. The average Bonchev–Trinajstić information content (AvgIpc) is 2.39. The van der Waals surface area contributed by atoms with E-state index in [0.29, 0.717) is 0 Å². The molecule has 1 aliphatic rings. The number of hydrogen-bond donors (Lipinski definition) is 2. The molecule has 4 heteroatoms. The number of benzene rings is 1. The van der Waals surface area contributed by atoms with E-state index in [9.17, 15) is 0 Å². The Morgan fingerprint density at radius 3 is 2.59 bits per heavy atom. The molecule has 3 nitrogen and oxygen atoms in total. The van der Waals surface area contributed by atoms with Crippen LogP contribution in [0.1, 0.15) is 11.1 Å². The Kier molecular flexibility index (Phi) is 4.34. The van der Waals surface area contributed by atoms with E-state index < -0.39 is 0 Å². The maximum absolute atomic E-state index is 5.39. The van der Waals surface area contributed by atoms with Crippen LogP contribution in [-0.2, 0) is 6.54 Å². The predicted molar refractivity (Wildman–Crippen MR) is 75.1 cm³/mol. The summed E-state index contributed by atoms with van der Waals surface area (Å²) in [6.07, 6.45) is 0. The summed E-state index contributed by atoms with van der Waals surface area (Å²) in [4.78, 5) is 2.22. The van der Waals surface area contributed by atoms with Gasteiger partial charge in [-0.3, -0.25) is 0 Å². The number of aryl methyl sites for hydroxylation is 1. The number of piperazine rings is 1. The van der Waals surface area contributed by atoms with Crippen LogP contribution in [-0.4, -0.2) is 36.2 Å². The Labute approximate surface area is 108 Å². The molecule has 1 aromatic rings. The normalized spacial score (nSPS) is 15.7. The quantitative estimate of drug-likeness (QED) is 0.772. The van der Waals surface area contributed by atoms with Gasteiger partial charge in [0.15, 0.2) is 5.11 Å². The molecule has 0 aromatic heterocycles. The minimum Gasteiger partial charge on any atom is -0.358 e. The molecule has 1 fully saturated rings. The second-order valence-corrected chi connectivity index (χ2v) is 4.77. The Balaban J connectivity index is 1.81. The molecule has 1 saturated heterocycles. The van der Waals surface area contributed by atoms with Gasteiger partial charge in [0.25, 0.3) is 0 Å². The summed E-state index contributed by atoms with van der Waals surface area (Å²) in [7, 11) is 0. The summed E-state index contributed by atoms with van der Waals surface area (Å²) < 4.78 is 0. The molecular weight excluding hydrogens is 230 g/mol. The van der Waals surface area contributed by atoms with Gasteiger partial charge in [0, 0.05) is 32.7 Å². The van der Waals surface area contributed by atoms with Crippen LogP contribution < -0.4 is 10.6 Å². The fourth-order valence-electron chi connectivity index (χ4n) is 1.86. The van der Waals surface area contributed by atoms with Crippen molar-refractivity contribution < 1.29 is 0 Å². The molecule has 17 heavy (non-hydrogen) atoms. The third kappa shape index (κ3) is 3.68. The van der Waals surface area contributed by atoms with Crippen molar-refractivity contribution in [2.75, 3.05) is 26.2 Å². The molecular formula is C13H19N3S. The minimum atomic E-state index is 0.809. The maximum Gasteiger partial charge on any atom is 0.169 e. The van der Waals surface area contributed by atoms with Crippen LogP contribution in [0.4, 0.5) is 0 Å². The fourth-order valence-corrected chi connectivity index (χ4v) is 2.12. The van der Waals surface area contributed by atoms with E-state index in [1.807, 2.05) is 0 Å². The molecule has 0 bridgehead atoms. The zero-order valence-electron chi connectivity index (χ0n) is 10.2. The number of hydrogen-bond acceptors (Lipinski definition) is 2. The van der Waals surface area contributed by atoms with Gasteiger partial charge in [-0.25, -0.2) is 0 Å². The van der Waals surface area contributed by atoms with Gasteiger partial charge in [-0.1, -0.05) is 29.8 Å². The van der Waals surface area contributed by atoms with Crippen LogP contribution in [0.5, 0.6) is 0 Å². The van der Waals surface area contributed by atoms with Gasteiger partial charge in [0.1, 0.15) is 0 Å². The van der Waals surface area contributed by atoms with Crippen LogP contribution in [0.3, 0.4) is 0 Å². The molecule has 2 N–H and O–H groups in total. The van der Waals surface area contributed by atoms with Crippen molar-refractivity contribution in [3.05, 3.63) is 35.4 Å². The summed E-state index contributed by atoms with van der Waals surface area (Å²) in [5.41, 5.74) is 2.56. The third-order valence-electron chi connectivity index (χ3n) is 2.97. The molecule has 2 rings (SSSR count). The average molecular weight is 249 g/mol. The van der Waals surface area contributed by atoms with Gasteiger partial charge < -0.3 is 15.5 Å². The molecule has 0 atom stereocenters. The molecule has 0 radical (unpaired) electrons. The largest absolute Gasteiger partial charge is 0.358 e. The lowest BCUT2D eigenvalue weighted by Crippen LogP contribution is -2.49. The molecule has 0 spiro atoms. The smallest absolute Gasteiger partial charge is 0.169 e. The van der Waals surface area contributed by atoms with E-state index >= 15 is 0 Å². The second kappa shape index (κ2) is 5.98. The molecule has 0 unspecified atom stereocenters. The second-order valence-electron chi connectivity index (χ2n) is 4.38. The van der Waals surface area contributed by atoms with Crippen LogP contribution in [0.15, 0.2) is 24.3 Å². The van der Waals surface area contributed by atoms with Crippen LogP contribution in [0, 0.1) is 6.92 Å². The first-order valence-corrected chi connectivity index (χ1v) is 6.45. The number of nitrogens with zero attached hydrogens (tertiary/aromatic N) is 1. The van der Waals surface area contributed by atoms with E-state index in [-0.39, 0.29) is 0 Å². The highest BCUT2D eigenvalue weighted by Crippen LogP contribution is 2.03. The summed E-state index contributed by atoms with van der Waals surface area (Å²) in [6, 6.07) is 8.54. The highest BCUT2D eigenvalue weighted by Gasteiger charge is 2.11. The van der Waals surface area contributed by atoms with E-state index in [4.69, 9.17) is 12.2 Å². The van der Waals surface area contributed by atoms with E-state index in [2.05, 4.69) is 46.7 Å². The molecule has 92 valence electrons. The van der Waals surface area contributed by atoms with E-state index in [1.165, 1.54) is 11.1 Å². The molecule has 0 amide bonds. The molecule has 1 heterocycles. The minimum absolute atomic E-state index is 0.809. The van der Waals surface area contributed by atoms with Crippen molar-refractivity contribution in [3.8, 4) is 0 Å². The Morgan fingerprint density at radius 2 is 1.94 bits per heavy atom. The topological polar surface area (TPSA) is 27.3 Å². The zero-order chi connectivity index (χ0) is 12.1. The summed E-state index contributed by atoms with van der Waals surface area (Å²) in [6.45, 7) is 6.95. The summed E-state index contributed by atoms with van der Waals surface area (Å²) >= 11 is 5.39. The lowest BCUT2D eigenvalue weighted by molar-refractivity contribution is 0.352. The van der Waals surface area contributed by atoms with Crippen LogP contribution in [0.2, 0.25) is 0 Å². The molecule has 1 aromatic carbocycles. The molecule has 0 aliphatic carbocycles. The van der Waals surface area contributed by atoms with Gasteiger partial charge in [0.2, 0.25) is 0 Å². The number of rotatable bonds is 2. The Hall–Kier alpha value is -1.13. The van der Waals surface area contributed by atoms with Crippen molar-refractivity contribution in [2.45, 2.75) is 13.5 Å². The standard InChI is InChI=1S/C13H19N3S/c1-11-2-4-12(5-3-11)10-15-13(17)16-8-6-14-7-9-16/h2-5,14H,6-10H2,1H3,(H,15,17). The zero-order valence-corrected chi connectivity index (χ0v) is 11.0. The van der Waals surface area contributed by atoms with Gasteiger partial charge in [-0.15, -0.1) is 0 Å². The van der Waals surface area contributed by atoms with Crippen LogP contribution >= 0.6 is 12.2 Å². The van der Waals surface area contributed by atoms with Crippen molar-refractivity contribution in [3.63, 3.8) is 0 Å². The first-order chi connectivity index (χ1) is 8.25. The fraction of sp³-hybridized carbons (Fsp3) is 0.462. The molecule has 0 saturated carbocycles. The molecule has 1 aliphatic heterocycles. The van der Waals surface area contributed by atoms with Crippen molar-refractivity contribution in [2.24, 2.45) is 0 Å². The van der Waals surface area contributed by atoms with Gasteiger partial charge in [-0.2, -0.15) is 0 Å². The predicted octanol–water partition coefficient (Wildman–Crippen LogP) is 1.27. The monoisotopic (exact) mass is 249 g/mol. The maximum atomic E-state index is 5.39. The highest BCUT2D eigenvalue weighted by molar-refractivity contribution is 7.80.